The van der Waals surface area contributed by atoms with Gasteiger partial charge in [-0.1, -0.05) is 24.3 Å². The number of aryl methyl sites for hydroxylation is 1. The van der Waals surface area contributed by atoms with Crippen LogP contribution in [0.2, 0.25) is 0 Å². The van der Waals surface area contributed by atoms with Gasteiger partial charge in [-0.15, -0.1) is 6.58 Å². The number of hydrogen-bond donors (Lipinski definition) is 1. The molecule has 94 valence electrons. The van der Waals surface area contributed by atoms with E-state index in [1.807, 2.05) is 0 Å². The third-order valence-electron chi connectivity index (χ3n) is 2.61. The lowest BCUT2D eigenvalue weighted by molar-refractivity contribution is -0.137. The Bertz CT molecular complexity index is 394. The Labute approximate surface area is 98.6 Å². The molecule has 0 aliphatic heterocycles. The highest BCUT2D eigenvalue weighted by atomic mass is 19.4. The first-order valence-corrected chi connectivity index (χ1v) is 5.27. The smallest absolute Gasteiger partial charge is 0.386 e. The molecule has 0 heterocycles. The largest absolute Gasteiger partial charge is 0.416 e. The third kappa shape index (κ3) is 4.23. The summed E-state index contributed by atoms with van der Waals surface area (Å²) in [6.07, 6.45) is -2.21. The fourth-order valence-corrected chi connectivity index (χ4v) is 1.40. The van der Waals surface area contributed by atoms with Crippen molar-refractivity contribution in [2.75, 3.05) is 0 Å². The monoisotopic (exact) mass is 244 g/mol. The van der Waals surface area contributed by atoms with Crippen LogP contribution in [0.15, 0.2) is 36.9 Å². The molecule has 1 rings (SSSR count). The summed E-state index contributed by atoms with van der Waals surface area (Å²) >= 11 is 0. The quantitative estimate of drug-likeness (QED) is 0.803. The molecule has 1 N–H and O–H groups in total. The maximum absolute atomic E-state index is 12.4. The second kappa shape index (κ2) is 4.92. The van der Waals surface area contributed by atoms with E-state index >= 15 is 0 Å². The molecule has 0 bridgehead atoms. The van der Waals surface area contributed by atoms with E-state index in [0.717, 1.165) is 12.1 Å². The zero-order valence-electron chi connectivity index (χ0n) is 9.59. The van der Waals surface area contributed by atoms with Crippen molar-refractivity contribution >= 4 is 0 Å². The molecule has 0 amide bonds. The molecular formula is C13H15F3O. The van der Waals surface area contributed by atoms with E-state index in [9.17, 15) is 18.3 Å². The molecule has 1 nitrogen and oxygen atoms in total. The van der Waals surface area contributed by atoms with Crippen LogP contribution in [-0.4, -0.2) is 10.7 Å². The Kier molecular flexibility index (Phi) is 3.98. The average molecular weight is 244 g/mol. The van der Waals surface area contributed by atoms with Gasteiger partial charge in [-0.2, -0.15) is 13.2 Å². The van der Waals surface area contributed by atoms with Crippen LogP contribution in [0, 0.1) is 0 Å². The molecule has 1 aromatic rings. The van der Waals surface area contributed by atoms with Crippen LogP contribution in [0.3, 0.4) is 0 Å². The van der Waals surface area contributed by atoms with Gasteiger partial charge in [0.05, 0.1) is 11.2 Å². The summed E-state index contributed by atoms with van der Waals surface area (Å²) in [4.78, 5) is 0. The number of aliphatic hydroxyl groups is 1. The summed E-state index contributed by atoms with van der Waals surface area (Å²) in [5.41, 5.74) is -1.15. The zero-order chi connectivity index (χ0) is 13.1. The first kappa shape index (κ1) is 13.8. The highest BCUT2D eigenvalue weighted by Crippen LogP contribution is 2.30. The Morgan fingerprint density at radius 2 is 2.00 bits per heavy atom. The fourth-order valence-electron chi connectivity index (χ4n) is 1.40. The van der Waals surface area contributed by atoms with Crippen molar-refractivity contribution in [2.45, 2.75) is 31.5 Å². The molecule has 0 aromatic heterocycles. The summed E-state index contributed by atoms with van der Waals surface area (Å²) in [5, 5.41) is 9.67. The minimum atomic E-state index is -4.32. The minimum absolute atomic E-state index is 0.345. The fraction of sp³-hybridized carbons (Fsp3) is 0.385. The standard InChI is InChI=1S/C13H15F3O/c1-3-12(2,17)8-7-10-5-4-6-11(9-10)13(14,15)16/h3-6,9,17H,1,7-8H2,2H3. The van der Waals surface area contributed by atoms with E-state index in [1.165, 1.54) is 12.1 Å². The molecule has 0 aliphatic carbocycles. The molecule has 1 aromatic carbocycles. The molecule has 0 saturated heterocycles. The minimum Gasteiger partial charge on any atom is -0.386 e. The van der Waals surface area contributed by atoms with Crippen molar-refractivity contribution < 1.29 is 18.3 Å². The lowest BCUT2D eigenvalue weighted by Gasteiger charge is -2.18. The van der Waals surface area contributed by atoms with Gasteiger partial charge in [0.2, 0.25) is 0 Å². The Morgan fingerprint density at radius 3 is 2.53 bits per heavy atom. The normalized spacial score (nSPS) is 15.4. The van der Waals surface area contributed by atoms with Crippen LogP contribution in [0.1, 0.15) is 24.5 Å². The Balaban J connectivity index is 2.77. The van der Waals surface area contributed by atoms with E-state index in [4.69, 9.17) is 0 Å². The van der Waals surface area contributed by atoms with E-state index in [-0.39, 0.29) is 0 Å². The van der Waals surface area contributed by atoms with Gasteiger partial charge in [0.25, 0.3) is 0 Å². The van der Waals surface area contributed by atoms with Crippen molar-refractivity contribution in [3.8, 4) is 0 Å². The highest BCUT2D eigenvalue weighted by molar-refractivity contribution is 5.26. The van der Waals surface area contributed by atoms with Crippen molar-refractivity contribution in [3.05, 3.63) is 48.0 Å². The van der Waals surface area contributed by atoms with E-state index in [1.54, 1.807) is 13.0 Å². The summed E-state index contributed by atoms with van der Waals surface area (Å²) in [5.74, 6) is 0. The van der Waals surface area contributed by atoms with Crippen molar-refractivity contribution in [1.29, 1.82) is 0 Å². The van der Waals surface area contributed by atoms with Gasteiger partial charge in [-0.25, -0.2) is 0 Å². The average Bonchev–Trinajstić information content (AvgIpc) is 2.26. The summed E-state index contributed by atoms with van der Waals surface area (Å²) in [6.45, 7) is 5.05. The van der Waals surface area contributed by atoms with Gasteiger partial charge < -0.3 is 5.11 Å². The van der Waals surface area contributed by atoms with Crippen LogP contribution < -0.4 is 0 Å². The van der Waals surface area contributed by atoms with Crippen molar-refractivity contribution in [1.82, 2.24) is 0 Å². The number of rotatable bonds is 4. The maximum Gasteiger partial charge on any atom is 0.416 e. The van der Waals surface area contributed by atoms with Crippen LogP contribution in [0.4, 0.5) is 13.2 Å². The lowest BCUT2D eigenvalue weighted by atomic mass is 9.96. The van der Waals surface area contributed by atoms with Crippen LogP contribution in [0.5, 0.6) is 0 Å². The van der Waals surface area contributed by atoms with Gasteiger partial charge in [0.15, 0.2) is 0 Å². The number of alkyl halides is 3. The molecule has 17 heavy (non-hydrogen) atoms. The second-order valence-corrected chi connectivity index (χ2v) is 4.26. The molecule has 0 aliphatic rings. The molecular weight excluding hydrogens is 229 g/mol. The summed E-state index contributed by atoms with van der Waals surface area (Å²) in [7, 11) is 0. The zero-order valence-corrected chi connectivity index (χ0v) is 9.59. The van der Waals surface area contributed by atoms with Gasteiger partial charge in [-0.05, 0) is 31.4 Å². The number of benzene rings is 1. The summed E-state index contributed by atoms with van der Waals surface area (Å²) in [6, 6.07) is 5.14. The molecule has 0 saturated carbocycles. The van der Waals surface area contributed by atoms with E-state index < -0.39 is 17.3 Å². The SMILES string of the molecule is C=CC(C)(O)CCc1cccc(C(F)(F)F)c1. The van der Waals surface area contributed by atoms with Gasteiger partial charge in [0.1, 0.15) is 0 Å². The second-order valence-electron chi connectivity index (χ2n) is 4.26. The van der Waals surface area contributed by atoms with Crippen LogP contribution in [0.25, 0.3) is 0 Å². The molecule has 0 radical (unpaired) electrons. The van der Waals surface area contributed by atoms with Crippen LogP contribution >= 0.6 is 0 Å². The molecule has 1 unspecified atom stereocenters. The van der Waals surface area contributed by atoms with Crippen LogP contribution in [-0.2, 0) is 12.6 Å². The predicted octanol–water partition coefficient (Wildman–Crippen LogP) is 3.58. The maximum atomic E-state index is 12.4. The first-order chi connectivity index (χ1) is 7.74. The first-order valence-electron chi connectivity index (χ1n) is 5.27. The lowest BCUT2D eigenvalue weighted by Crippen LogP contribution is -2.21. The third-order valence-corrected chi connectivity index (χ3v) is 2.61. The molecule has 0 spiro atoms. The molecule has 4 heteroatoms. The van der Waals surface area contributed by atoms with Gasteiger partial charge >= 0.3 is 6.18 Å². The van der Waals surface area contributed by atoms with E-state index in [0.29, 0.717) is 18.4 Å². The Hall–Kier alpha value is -1.29. The predicted molar refractivity (Wildman–Crippen MR) is 60.6 cm³/mol. The number of halogens is 3. The van der Waals surface area contributed by atoms with E-state index in [2.05, 4.69) is 6.58 Å². The van der Waals surface area contributed by atoms with Gasteiger partial charge in [0, 0.05) is 0 Å². The topological polar surface area (TPSA) is 20.2 Å². The van der Waals surface area contributed by atoms with Crippen molar-refractivity contribution in [2.24, 2.45) is 0 Å². The van der Waals surface area contributed by atoms with Crippen molar-refractivity contribution in [3.63, 3.8) is 0 Å². The molecule has 0 fully saturated rings. The Morgan fingerprint density at radius 1 is 1.35 bits per heavy atom. The highest BCUT2D eigenvalue weighted by Gasteiger charge is 2.30. The number of hydrogen-bond acceptors (Lipinski definition) is 1. The molecule has 1 atom stereocenters. The van der Waals surface area contributed by atoms with Gasteiger partial charge in [-0.3, -0.25) is 0 Å². The summed E-state index contributed by atoms with van der Waals surface area (Å²) < 4.78 is 37.3.